The quantitative estimate of drug-likeness (QED) is 0.869. The van der Waals surface area contributed by atoms with Crippen LogP contribution in [0.5, 0.6) is 0 Å². The second kappa shape index (κ2) is 3.65. The Labute approximate surface area is 92.8 Å². The second-order valence-electron chi connectivity index (χ2n) is 4.10. The summed E-state index contributed by atoms with van der Waals surface area (Å²) >= 11 is 3.45. The van der Waals surface area contributed by atoms with Crippen LogP contribution in [-0.2, 0) is 0 Å². The van der Waals surface area contributed by atoms with Crippen LogP contribution in [0.2, 0.25) is 0 Å². The Kier molecular flexibility index (Phi) is 2.64. The molecule has 3 heteroatoms. The van der Waals surface area contributed by atoms with E-state index in [-0.39, 0.29) is 11.5 Å². The molecule has 0 aromatic heterocycles. The molecule has 0 aliphatic heterocycles. The van der Waals surface area contributed by atoms with Crippen molar-refractivity contribution in [3.63, 3.8) is 0 Å². The second-order valence-corrected chi connectivity index (χ2v) is 5.01. The molecule has 0 heterocycles. The SMILES string of the molecule is NCC1(C(N)c2cccc(Br)c2)CC1. The van der Waals surface area contributed by atoms with Crippen molar-refractivity contribution < 1.29 is 0 Å². The van der Waals surface area contributed by atoms with Gasteiger partial charge in [-0.15, -0.1) is 0 Å². The average molecular weight is 255 g/mol. The zero-order valence-electron chi connectivity index (χ0n) is 8.04. The predicted octanol–water partition coefficient (Wildman–Crippen LogP) is 2.19. The van der Waals surface area contributed by atoms with Crippen molar-refractivity contribution in [2.24, 2.45) is 16.9 Å². The largest absolute Gasteiger partial charge is 0.330 e. The van der Waals surface area contributed by atoms with Gasteiger partial charge in [0.15, 0.2) is 0 Å². The van der Waals surface area contributed by atoms with E-state index in [1.54, 1.807) is 0 Å². The molecule has 0 spiro atoms. The number of nitrogens with two attached hydrogens (primary N) is 2. The van der Waals surface area contributed by atoms with Crippen LogP contribution in [0.3, 0.4) is 0 Å². The summed E-state index contributed by atoms with van der Waals surface area (Å²) in [5, 5.41) is 0. The van der Waals surface area contributed by atoms with Crippen LogP contribution < -0.4 is 11.5 Å². The lowest BCUT2D eigenvalue weighted by Crippen LogP contribution is -2.29. The summed E-state index contributed by atoms with van der Waals surface area (Å²) in [6.07, 6.45) is 2.33. The van der Waals surface area contributed by atoms with E-state index in [1.807, 2.05) is 12.1 Å². The number of hydrogen-bond acceptors (Lipinski definition) is 2. The number of halogens is 1. The van der Waals surface area contributed by atoms with E-state index in [2.05, 4.69) is 28.1 Å². The first-order valence-electron chi connectivity index (χ1n) is 4.89. The molecular formula is C11H15BrN2. The van der Waals surface area contributed by atoms with Gasteiger partial charge in [0.05, 0.1) is 0 Å². The van der Waals surface area contributed by atoms with Crippen molar-refractivity contribution in [1.82, 2.24) is 0 Å². The topological polar surface area (TPSA) is 52.0 Å². The van der Waals surface area contributed by atoms with Crippen LogP contribution in [0, 0.1) is 5.41 Å². The highest BCUT2D eigenvalue weighted by Crippen LogP contribution is 2.52. The van der Waals surface area contributed by atoms with Gasteiger partial charge in [-0.3, -0.25) is 0 Å². The number of benzene rings is 1. The van der Waals surface area contributed by atoms with Gasteiger partial charge in [0.25, 0.3) is 0 Å². The van der Waals surface area contributed by atoms with E-state index in [0.29, 0.717) is 6.54 Å². The summed E-state index contributed by atoms with van der Waals surface area (Å²) in [7, 11) is 0. The van der Waals surface area contributed by atoms with Crippen LogP contribution in [0.4, 0.5) is 0 Å². The van der Waals surface area contributed by atoms with Gasteiger partial charge in [-0.2, -0.15) is 0 Å². The lowest BCUT2D eigenvalue weighted by molar-refractivity contribution is 0.419. The molecule has 14 heavy (non-hydrogen) atoms. The molecule has 0 bridgehead atoms. The molecule has 1 saturated carbocycles. The van der Waals surface area contributed by atoms with Crippen molar-refractivity contribution in [2.45, 2.75) is 18.9 Å². The maximum Gasteiger partial charge on any atom is 0.0364 e. The molecule has 2 nitrogen and oxygen atoms in total. The van der Waals surface area contributed by atoms with E-state index in [1.165, 1.54) is 5.56 Å². The van der Waals surface area contributed by atoms with E-state index >= 15 is 0 Å². The highest BCUT2D eigenvalue weighted by molar-refractivity contribution is 9.10. The van der Waals surface area contributed by atoms with Gasteiger partial charge in [0.1, 0.15) is 0 Å². The van der Waals surface area contributed by atoms with E-state index in [0.717, 1.165) is 17.3 Å². The van der Waals surface area contributed by atoms with Crippen molar-refractivity contribution >= 4 is 15.9 Å². The first kappa shape index (κ1) is 10.1. The van der Waals surface area contributed by atoms with Gasteiger partial charge in [-0.1, -0.05) is 28.1 Å². The zero-order chi connectivity index (χ0) is 10.2. The maximum absolute atomic E-state index is 6.21. The zero-order valence-corrected chi connectivity index (χ0v) is 9.63. The fourth-order valence-corrected chi connectivity index (χ4v) is 2.27. The van der Waals surface area contributed by atoms with E-state index in [4.69, 9.17) is 11.5 Å². The molecule has 1 atom stereocenters. The molecule has 4 N–H and O–H groups in total. The summed E-state index contributed by atoms with van der Waals surface area (Å²) in [6, 6.07) is 8.28. The van der Waals surface area contributed by atoms with Crippen LogP contribution in [0.25, 0.3) is 0 Å². The Morgan fingerprint density at radius 2 is 2.14 bits per heavy atom. The molecular weight excluding hydrogens is 240 g/mol. The molecule has 0 radical (unpaired) electrons. The van der Waals surface area contributed by atoms with Crippen molar-refractivity contribution in [3.8, 4) is 0 Å². The minimum atomic E-state index is 0.0880. The van der Waals surface area contributed by atoms with E-state index in [9.17, 15) is 0 Å². The van der Waals surface area contributed by atoms with Gasteiger partial charge in [-0.05, 0) is 37.1 Å². The summed E-state index contributed by atoms with van der Waals surface area (Å²) < 4.78 is 1.08. The Morgan fingerprint density at radius 3 is 2.64 bits per heavy atom. The molecule has 1 fully saturated rings. The lowest BCUT2D eigenvalue weighted by atomic mass is 9.91. The maximum atomic E-state index is 6.21. The van der Waals surface area contributed by atoms with Gasteiger partial charge in [-0.25, -0.2) is 0 Å². The average Bonchev–Trinajstić information content (AvgIpc) is 2.97. The number of hydrogen-bond donors (Lipinski definition) is 2. The molecule has 1 aliphatic rings. The minimum absolute atomic E-state index is 0.0880. The highest BCUT2D eigenvalue weighted by atomic mass is 79.9. The third-order valence-electron chi connectivity index (χ3n) is 3.17. The van der Waals surface area contributed by atoms with Crippen molar-refractivity contribution in [1.29, 1.82) is 0 Å². The molecule has 0 amide bonds. The summed E-state index contributed by atoms with van der Waals surface area (Å²) in [6.45, 7) is 0.695. The van der Waals surface area contributed by atoms with Crippen LogP contribution >= 0.6 is 15.9 Å². The van der Waals surface area contributed by atoms with Gasteiger partial charge >= 0.3 is 0 Å². The normalized spacial score (nSPS) is 20.5. The lowest BCUT2D eigenvalue weighted by Gasteiger charge is -2.22. The van der Waals surface area contributed by atoms with Crippen molar-refractivity contribution in [2.75, 3.05) is 6.54 Å². The number of rotatable bonds is 3. The van der Waals surface area contributed by atoms with Crippen LogP contribution in [0.15, 0.2) is 28.7 Å². The first-order valence-corrected chi connectivity index (χ1v) is 5.68. The predicted molar refractivity (Wildman–Crippen MR) is 61.8 cm³/mol. The molecule has 1 aliphatic carbocycles. The third-order valence-corrected chi connectivity index (χ3v) is 3.66. The molecule has 0 saturated heterocycles. The summed E-state index contributed by atoms with van der Waals surface area (Å²) in [5.41, 5.74) is 13.3. The van der Waals surface area contributed by atoms with Crippen LogP contribution in [0.1, 0.15) is 24.4 Å². The minimum Gasteiger partial charge on any atom is -0.330 e. The Balaban J connectivity index is 2.23. The molecule has 2 rings (SSSR count). The molecule has 1 aromatic carbocycles. The molecule has 76 valence electrons. The third kappa shape index (κ3) is 1.72. The standard InChI is InChI=1S/C11H15BrN2/c12-9-3-1-2-8(6-9)10(14)11(7-13)4-5-11/h1-3,6,10H,4-5,7,13-14H2. The smallest absolute Gasteiger partial charge is 0.0364 e. The van der Waals surface area contributed by atoms with Gasteiger partial charge in [0, 0.05) is 15.9 Å². The Bertz CT molecular complexity index is 334. The first-order chi connectivity index (χ1) is 6.68. The fourth-order valence-electron chi connectivity index (χ4n) is 1.86. The monoisotopic (exact) mass is 254 g/mol. The Morgan fingerprint density at radius 1 is 1.43 bits per heavy atom. The summed E-state index contributed by atoms with van der Waals surface area (Å²) in [5.74, 6) is 0. The van der Waals surface area contributed by atoms with Gasteiger partial charge < -0.3 is 11.5 Å². The van der Waals surface area contributed by atoms with E-state index < -0.39 is 0 Å². The highest BCUT2D eigenvalue weighted by Gasteiger charge is 2.47. The fraction of sp³-hybridized carbons (Fsp3) is 0.455. The van der Waals surface area contributed by atoms with Crippen LogP contribution in [-0.4, -0.2) is 6.54 Å². The van der Waals surface area contributed by atoms with Crippen molar-refractivity contribution in [3.05, 3.63) is 34.3 Å². The molecule has 1 aromatic rings. The Hall–Kier alpha value is -0.380. The molecule has 1 unspecified atom stereocenters. The summed E-state index contributed by atoms with van der Waals surface area (Å²) in [4.78, 5) is 0. The van der Waals surface area contributed by atoms with Gasteiger partial charge in [0.2, 0.25) is 0 Å².